The molecule has 0 unspecified atom stereocenters. The van der Waals surface area contributed by atoms with Crippen LogP contribution in [0.3, 0.4) is 0 Å². The molecule has 2 rings (SSSR count). The predicted molar refractivity (Wildman–Crippen MR) is 71.4 cm³/mol. The zero-order valence-corrected chi connectivity index (χ0v) is 10.9. The van der Waals surface area contributed by atoms with E-state index in [1.807, 2.05) is 6.07 Å². The Morgan fingerprint density at radius 1 is 1.30 bits per heavy atom. The third-order valence-corrected chi connectivity index (χ3v) is 2.47. The Kier molecular flexibility index (Phi) is 4.30. The number of rotatable bonds is 4. The van der Waals surface area contributed by atoms with Crippen molar-refractivity contribution in [2.45, 2.75) is 6.92 Å². The van der Waals surface area contributed by atoms with Gasteiger partial charge in [0.2, 0.25) is 5.88 Å². The molecule has 0 N–H and O–H groups in total. The van der Waals surface area contributed by atoms with Crippen LogP contribution in [-0.4, -0.2) is 17.6 Å². The average molecular weight is 268 g/mol. The normalized spacial score (nSPS) is 9.60. The summed E-state index contributed by atoms with van der Waals surface area (Å²) in [5.74, 6) is 0.302. The summed E-state index contributed by atoms with van der Waals surface area (Å²) in [5, 5.41) is 8.96. The number of para-hydroxylation sites is 1. The Hall–Kier alpha value is -2.87. The van der Waals surface area contributed by atoms with Crippen LogP contribution in [0.5, 0.6) is 11.6 Å². The maximum Gasteiger partial charge on any atom is 0.339 e. The molecule has 20 heavy (non-hydrogen) atoms. The van der Waals surface area contributed by atoms with Gasteiger partial charge >= 0.3 is 5.97 Å². The third kappa shape index (κ3) is 3.12. The fourth-order valence-electron chi connectivity index (χ4n) is 1.54. The van der Waals surface area contributed by atoms with E-state index in [0.29, 0.717) is 29.4 Å². The molecule has 0 bridgehead atoms. The molecule has 2 aromatic rings. The van der Waals surface area contributed by atoms with Crippen LogP contribution in [0.2, 0.25) is 0 Å². The zero-order valence-electron chi connectivity index (χ0n) is 10.9. The molecule has 0 amide bonds. The second-order valence-electron chi connectivity index (χ2n) is 3.82. The van der Waals surface area contributed by atoms with Gasteiger partial charge in [-0.3, -0.25) is 0 Å². The maximum absolute atomic E-state index is 11.5. The van der Waals surface area contributed by atoms with Gasteiger partial charge in [0.25, 0.3) is 0 Å². The minimum Gasteiger partial charge on any atom is -0.462 e. The molecule has 0 aliphatic heterocycles. The van der Waals surface area contributed by atoms with Crippen molar-refractivity contribution in [2.24, 2.45) is 0 Å². The van der Waals surface area contributed by atoms with Crippen molar-refractivity contribution in [3.63, 3.8) is 0 Å². The van der Waals surface area contributed by atoms with Crippen molar-refractivity contribution in [3.8, 4) is 17.7 Å². The van der Waals surface area contributed by atoms with Crippen molar-refractivity contribution in [1.29, 1.82) is 5.26 Å². The number of nitrogens with zero attached hydrogens (tertiary/aromatic N) is 2. The van der Waals surface area contributed by atoms with Gasteiger partial charge < -0.3 is 9.47 Å². The summed E-state index contributed by atoms with van der Waals surface area (Å²) in [6.45, 7) is 2.05. The Labute approximate surface area is 116 Å². The first kappa shape index (κ1) is 13.6. The Balaban J connectivity index is 2.15. The largest absolute Gasteiger partial charge is 0.462 e. The van der Waals surface area contributed by atoms with E-state index in [9.17, 15) is 4.79 Å². The third-order valence-electron chi connectivity index (χ3n) is 2.47. The highest BCUT2D eigenvalue weighted by atomic mass is 16.5. The van der Waals surface area contributed by atoms with Gasteiger partial charge in [0.05, 0.1) is 17.7 Å². The SMILES string of the molecule is CCOC(=O)c1ccc(Oc2ccccc2C#N)nc1. The van der Waals surface area contributed by atoms with Crippen LogP contribution in [0, 0.1) is 11.3 Å². The van der Waals surface area contributed by atoms with Crippen molar-refractivity contribution < 1.29 is 14.3 Å². The van der Waals surface area contributed by atoms with Crippen LogP contribution < -0.4 is 4.74 Å². The number of nitriles is 1. The zero-order chi connectivity index (χ0) is 14.4. The molecule has 100 valence electrons. The molecule has 5 heteroatoms. The predicted octanol–water partition coefficient (Wildman–Crippen LogP) is 2.92. The number of hydrogen-bond acceptors (Lipinski definition) is 5. The van der Waals surface area contributed by atoms with E-state index >= 15 is 0 Å². The Morgan fingerprint density at radius 2 is 2.10 bits per heavy atom. The molecule has 0 saturated heterocycles. The first-order chi connectivity index (χ1) is 9.74. The molecule has 0 radical (unpaired) electrons. The fourth-order valence-corrected chi connectivity index (χ4v) is 1.54. The van der Waals surface area contributed by atoms with Crippen LogP contribution in [-0.2, 0) is 4.74 Å². The van der Waals surface area contributed by atoms with E-state index in [1.165, 1.54) is 6.20 Å². The number of carbonyl (C=O) groups is 1. The lowest BCUT2D eigenvalue weighted by molar-refractivity contribution is 0.0526. The highest BCUT2D eigenvalue weighted by molar-refractivity contribution is 5.89. The van der Waals surface area contributed by atoms with Crippen LogP contribution >= 0.6 is 0 Å². The summed E-state index contributed by atoms with van der Waals surface area (Å²) in [6, 6.07) is 12.0. The van der Waals surface area contributed by atoms with E-state index < -0.39 is 5.97 Å². The minimum absolute atomic E-state index is 0.306. The first-order valence-corrected chi connectivity index (χ1v) is 6.04. The molecule has 1 aromatic heterocycles. The van der Waals surface area contributed by atoms with E-state index in [-0.39, 0.29) is 0 Å². The molecule has 0 spiro atoms. The van der Waals surface area contributed by atoms with Gasteiger partial charge in [0, 0.05) is 12.3 Å². The van der Waals surface area contributed by atoms with Gasteiger partial charge in [-0.25, -0.2) is 9.78 Å². The Morgan fingerprint density at radius 3 is 2.75 bits per heavy atom. The summed E-state index contributed by atoms with van der Waals surface area (Å²) in [4.78, 5) is 15.5. The van der Waals surface area contributed by atoms with Crippen LogP contribution in [0.1, 0.15) is 22.8 Å². The standard InChI is InChI=1S/C15H12N2O3/c1-2-19-15(18)12-7-8-14(17-10-12)20-13-6-4-3-5-11(13)9-16/h3-8,10H,2H2,1H3. The minimum atomic E-state index is -0.427. The monoisotopic (exact) mass is 268 g/mol. The average Bonchev–Trinajstić information content (AvgIpc) is 2.49. The van der Waals surface area contributed by atoms with E-state index in [1.54, 1.807) is 43.3 Å². The molecule has 0 fully saturated rings. The number of benzene rings is 1. The second kappa shape index (κ2) is 6.34. The number of hydrogen-bond donors (Lipinski definition) is 0. The summed E-state index contributed by atoms with van der Waals surface area (Å²) in [5.41, 5.74) is 0.775. The summed E-state index contributed by atoms with van der Waals surface area (Å²) < 4.78 is 10.4. The highest BCUT2D eigenvalue weighted by Crippen LogP contribution is 2.23. The van der Waals surface area contributed by atoms with Crippen molar-refractivity contribution in [2.75, 3.05) is 6.61 Å². The molecular weight excluding hydrogens is 256 g/mol. The lowest BCUT2D eigenvalue weighted by Gasteiger charge is -2.06. The van der Waals surface area contributed by atoms with E-state index in [4.69, 9.17) is 14.7 Å². The van der Waals surface area contributed by atoms with Gasteiger partial charge in [-0.2, -0.15) is 5.26 Å². The molecule has 1 heterocycles. The lowest BCUT2D eigenvalue weighted by Crippen LogP contribution is -2.05. The van der Waals surface area contributed by atoms with Gasteiger partial charge in [-0.15, -0.1) is 0 Å². The van der Waals surface area contributed by atoms with Gasteiger partial charge in [0.15, 0.2) is 0 Å². The Bertz CT molecular complexity index is 645. The molecule has 1 aromatic carbocycles. The smallest absolute Gasteiger partial charge is 0.339 e. The molecule has 0 aliphatic rings. The van der Waals surface area contributed by atoms with E-state index in [0.717, 1.165) is 0 Å². The molecule has 0 aliphatic carbocycles. The van der Waals surface area contributed by atoms with Crippen LogP contribution in [0.25, 0.3) is 0 Å². The van der Waals surface area contributed by atoms with Crippen LogP contribution in [0.15, 0.2) is 42.6 Å². The van der Waals surface area contributed by atoms with Gasteiger partial charge in [-0.1, -0.05) is 12.1 Å². The molecule has 5 nitrogen and oxygen atoms in total. The lowest BCUT2D eigenvalue weighted by atomic mass is 10.2. The molecule has 0 atom stereocenters. The fraction of sp³-hybridized carbons (Fsp3) is 0.133. The van der Waals surface area contributed by atoms with E-state index in [2.05, 4.69) is 4.98 Å². The van der Waals surface area contributed by atoms with Crippen molar-refractivity contribution in [3.05, 3.63) is 53.7 Å². The van der Waals surface area contributed by atoms with Crippen molar-refractivity contribution in [1.82, 2.24) is 4.98 Å². The molecular formula is C15H12N2O3. The summed E-state index contributed by atoms with van der Waals surface area (Å²) >= 11 is 0. The van der Waals surface area contributed by atoms with Gasteiger partial charge in [-0.05, 0) is 25.1 Å². The first-order valence-electron chi connectivity index (χ1n) is 6.04. The summed E-state index contributed by atoms with van der Waals surface area (Å²) in [7, 11) is 0. The maximum atomic E-state index is 11.5. The number of ether oxygens (including phenoxy) is 2. The second-order valence-corrected chi connectivity index (χ2v) is 3.82. The number of pyridine rings is 1. The summed E-state index contributed by atoms with van der Waals surface area (Å²) in [6.07, 6.45) is 1.38. The van der Waals surface area contributed by atoms with Crippen LogP contribution in [0.4, 0.5) is 0 Å². The quantitative estimate of drug-likeness (QED) is 0.797. The number of esters is 1. The molecule has 0 saturated carbocycles. The topological polar surface area (TPSA) is 72.2 Å². The number of aromatic nitrogens is 1. The highest BCUT2D eigenvalue weighted by Gasteiger charge is 2.08. The number of carbonyl (C=O) groups excluding carboxylic acids is 1. The van der Waals surface area contributed by atoms with Crippen molar-refractivity contribution >= 4 is 5.97 Å². The van der Waals surface area contributed by atoms with Gasteiger partial charge in [0.1, 0.15) is 11.8 Å².